The second kappa shape index (κ2) is 7.43. The molecule has 2 aromatic carbocycles. The molecule has 0 radical (unpaired) electrons. The summed E-state index contributed by atoms with van der Waals surface area (Å²) < 4.78 is 27.4. The van der Waals surface area contributed by atoms with Gasteiger partial charge >= 0.3 is 0 Å². The number of aromatic amines is 1. The Labute approximate surface area is 153 Å². The summed E-state index contributed by atoms with van der Waals surface area (Å²) >= 11 is 0. The average molecular weight is 370 g/mol. The molecule has 0 atom stereocenters. The van der Waals surface area contributed by atoms with Gasteiger partial charge in [0.05, 0.1) is 4.90 Å². The largest absolute Gasteiger partial charge is 0.322 e. The van der Waals surface area contributed by atoms with Crippen LogP contribution in [0.25, 0.3) is 10.9 Å². The van der Waals surface area contributed by atoms with E-state index in [1.54, 1.807) is 18.2 Å². The maximum atomic E-state index is 12.4. The highest BCUT2D eigenvalue weighted by Gasteiger charge is 2.14. The summed E-state index contributed by atoms with van der Waals surface area (Å²) in [7, 11) is -3.59. The molecule has 3 aromatic rings. The minimum absolute atomic E-state index is 0.162. The molecule has 0 aliphatic rings. The highest BCUT2D eigenvalue weighted by atomic mass is 32.2. The number of rotatable bonds is 6. The highest BCUT2D eigenvalue weighted by Crippen LogP contribution is 2.17. The molecule has 136 valence electrons. The number of fused-ring (bicyclic) bond motifs is 1. The van der Waals surface area contributed by atoms with Gasteiger partial charge in [-0.2, -0.15) is 0 Å². The molecule has 0 amide bonds. The SMILES string of the molecule is CC(C)c1ccc(S(=O)(=O)NCCc2cc3ccccc3[nH]c2=O)cc1. The van der Waals surface area contributed by atoms with E-state index in [1.807, 2.05) is 36.4 Å². The second-order valence-electron chi connectivity index (χ2n) is 6.58. The van der Waals surface area contributed by atoms with Gasteiger partial charge in [0.25, 0.3) is 5.56 Å². The van der Waals surface area contributed by atoms with Gasteiger partial charge in [0.15, 0.2) is 0 Å². The van der Waals surface area contributed by atoms with Gasteiger partial charge in [0.1, 0.15) is 0 Å². The number of pyridine rings is 1. The summed E-state index contributed by atoms with van der Waals surface area (Å²) in [5.41, 5.74) is 2.23. The van der Waals surface area contributed by atoms with Crippen molar-refractivity contribution in [2.24, 2.45) is 0 Å². The lowest BCUT2D eigenvalue weighted by Gasteiger charge is -2.09. The normalized spacial score (nSPS) is 12.0. The molecule has 0 unspecified atom stereocenters. The van der Waals surface area contributed by atoms with Crippen molar-refractivity contribution < 1.29 is 8.42 Å². The first-order valence-electron chi connectivity index (χ1n) is 8.57. The number of H-pyrrole nitrogens is 1. The van der Waals surface area contributed by atoms with E-state index >= 15 is 0 Å². The predicted molar refractivity (Wildman–Crippen MR) is 104 cm³/mol. The van der Waals surface area contributed by atoms with E-state index in [-0.39, 0.29) is 17.0 Å². The molecule has 0 saturated heterocycles. The number of aromatic nitrogens is 1. The topological polar surface area (TPSA) is 79.0 Å². The van der Waals surface area contributed by atoms with Gasteiger partial charge in [-0.05, 0) is 47.6 Å². The van der Waals surface area contributed by atoms with Crippen LogP contribution in [0.3, 0.4) is 0 Å². The second-order valence-corrected chi connectivity index (χ2v) is 8.35. The van der Waals surface area contributed by atoms with Crippen molar-refractivity contribution in [2.75, 3.05) is 6.54 Å². The summed E-state index contributed by atoms with van der Waals surface area (Å²) in [4.78, 5) is 15.2. The zero-order chi connectivity index (χ0) is 18.7. The summed E-state index contributed by atoms with van der Waals surface area (Å²) in [6, 6.07) is 16.2. The van der Waals surface area contributed by atoms with E-state index in [9.17, 15) is 13.2 Å². The van der Waals surface area contributed by atoms with Crippen LogP contribution in [0.1, 0.15) is 30.9 Å². The van der Waals surface area contributed by atoms with Gasteiger partial charge in [-0.25, -0.2) is 13.1 Å². The van der Waals surface area contributed by atoms with Crippen molar-refractivity contribution in [1.29, 1.82) is 0 Å². The van der Waals surface area contributed by atoms with Crippen LogP contribution in [0, 0.1) is 0 Å². The maximum Gasteiger partial charge on any atom is 0.251 e. The third-order valence-corrected chi connectivity index (χ3v) is 5.85. The maximum absolute atomic E-state index is 12.4. The van der Waals surface area contributed by atoms with E-state index in [0.717, 1.165) is 16.5 Å². The Hall–Kier alpha value is -2.44. The number of hydrogen-bond donors (Lipinski definition) is 2. The van der Waals surface area contributed by atoms with Crippen molar-refractivity contribution in [3.05, 3.63) is 76.1 Å². The number of hydrogen-bond acceptors (Lipinski definition) is 3. The zero-order valence-corrected chi connectivity index (χ0v) is 15.6. The average Bonchev–Trinajstić information content (AvgIpc) is 2.62. The molecule has 5 nitrogen and oxygen atoms in total. The zero-order valence-electron chi connectivity index (χ0n) is 14.8. The molecular weight excluding hydrogens is 348 g/mol. The molecule has 0 aliphatic heterocycles. The van der Waals surface area contributed by atoms with Crippen molar-refractivity contribution in [3.63, 3.8) is 0 Å². The molecule has 0 bridgehead atoms. The third-order valence-electron chi connectivity index (χ3n) is 4.37. The van der Waals surface area contributed by atoms with Crippen LogP contribution >= 0.6 is 0 Å². The van der Waals surface area contributed by atoms with E-state index in [1.165, 1.54) is 0 Å². The van der Waals surface area contributed by atoms with E-state index in [2.05, 4.69) is 23.6 Å². The van der Waals surface area contributed by atoms with Gasteiger partial charge in [-0.15, -0.1) is 0 Å². The van der Waals surface area contributed by atoms with Gasteiger partial charge in [0.2, 0.25) is 10.0 Å². The summed E-state index contributed by atoms with van der Waals surface area (Å²) in [5.74, 6) is 0.347. The Balaban J connectivity index is 1.70. The molecule has 1 heterocycles. The third kappa shape index (κ3) is 4.03. The van der Waals surface area contributed by atoms with E-state index < -0.39 is 10.0 Å². The molecule has 0 saturated carbocycles. The molecule has 1 aromatic heterocycles. The molecule has 2 N–H and O–H groups in total. The first-order valence-corrected chi connectivity index (χ1v) is 10.1. The van der Waals surface area contributed by atoms with Crippen molar-refractivity contribution in [2.45, 2.75) is 31.1 Å². The van der Waals surface area contributed by atoms with Crippen LogP contribution in [0.2, 0.25) is 0 Å². The molecule has 0 aliphatic carbocycles. The van der Waals surface area contributed by atoms with Crippen LogP contribution in [0.15, 0.2) is 64.3 Å². The summed E-state index contributed by atoms with van der Waals surface area (Å²) in [6.45, 7) is 4.28. The first kappa shape index (κ1) is 18.4. The van der Waals surface area contributed by atoms with E-state index in [0.29, 0.717) is 17.9 Å². The molecule has 0 fully saturated rings. The van der Waals surface area contributed by atoms with Crippen LogP contribution < -0.4 is 10.3 Å². The molecule has 3 rings (SSSR count). The minimum Gasteiger partial charge on any atom is -0.322 e. The fourth-order valence-corrected chi connectivity index (χ4v) is 3.85. The lowest BCUT2D eigenvalue weighted by atomic mass is 10.0. The summed E-state index contributed by atoms with van der Waals surface area (Å²) in [6.07, 6.45) is 0.323. The van der Waals surface area contributed by atoms with Crippen molar-refractivity contribution >= 4 is 20.9 Å². The molecule has 26 heavy (non-hydrogen) atoms. The minimum atomic E-state index is -3.59. The molecule has 0 spiro atoms. The van der Waals surface area contributed by atoms with Gasteiger partial charge in [0, 0.05) is 17.6 Å². The number of benzene rings is 2. The van der Waals surface area contributed by atoms with Crippen LogP contribution in [-0.4, -0.2) is 19.9 Å². The Kier molecular flexibility index (Phi) is 5.25. The van der Waals surface area contributed by atoms with Gasteiger partial charge in [-0.3, -0.25) is 4.79 Å². The number of sulfonamides is 1. The first-order chi connectivity index (χ1) is 12.4. The van der Waals surface area contributed by atoms with Gasteiger partial charge in [-0.1, -0.05) is 44.2 Å². The molecule has 6 heteroatoms. The smallest absolute Gasteiger partial charge is 0.251 e. The summed E-state index contributed by atoms with van der Waals surface area (Å²) in [5, 5.41) is 0.925. The Morgan fingerprint density at radius 2 is 1.73 bits per heavy atom. The highest BCUT2D eigenvalue weighted by molar-refractivity contribution is 7.89. The standard InChI is InChI=1S/C20H22N2O3S/c1-14(2)15-7-9-18(10-8-15)26(24,25)21-12-11-17-13-16-5-3-4-6-19(16)22-20(17)23/h3-10,13-14,21H,11-12H2,1-2H3,(H,22,23). The Morgan fingerprint density at radius 1 is 1.04 bits per heavy atom. The molecular formula is C20H22N2O3S. The van der Waals surface area contributed by atoms with Crippen molar-refractivity contribution in [3.8, 4) is 0 Å². The van der Waals surface area contributed by atoms with Crippen LogP contribution in [0.4, 0.5) is 0 Å². The quantitative estimate of drug-likeness (QED) is 0.699. The lowest BCUT2D eigenvalue weighted by Crippen LogP contribution is -2.27. The Morgan fingerprint density at radius 3 is 2.42 bits per heavy atom. The van der Waals surface area contributed by atoms with Gasteiger partial charge < -0.3 is 4.98 Å². The fourth-order valence-electron chi connectivity index (χ4n) is 2.81. The van der Waals surface area contributed by atoms with Crippen molar-refractivity contribution in [1.82, 2.24) is 9.71 Å². The van der Waals surface area contributed by atoms with Crippen LogP contribution in [0.5, 0.6) is 0 Å². The number of para-hydroxylation sites is 1. The monoisotopic (exact) mass is 370 g/mol. The van der Waals surface area contributed by atoms with Crippen LogP contribution in [-0.2, 0) is 16.4 Å². The van der Waals surface area contributed by atoms with E-state index in [4.69, 9.17) is 0 Å². The fraction of sp³-hybridized carbons (Fsp3) is 0.250. The Bertz CT molecular complexity index is 1070. The number of nitrogens with one attached hydrogen (secondary N) is 2. The lowest BCUT2D eigenvalue weighted by molar-refractivity contribution is 0.581. The predicted octanol–water partition coefficient (Wildman–Crippen LogP) is 3.17.